The third-order valence-corrected chi connectivity index (χ3v) is 6.21. The number of rotatable bonds is 9. The van der Waals surface area contributed by atoms with Gasteiger partial charge in [-0.1, -0.05) is 81.4 Å². The Hall–Kier alpha value is -3.22. The van der Waals surface area contributed by atoms with Crippen LogP contribution in [0.3, 0.4) is 0 Å². The van der Waals surface area contributed by atoms with Gasteiger partial charge in [-0.15, -0.1) is 0 Å². The number of aliphatic hydroxyl groups excluding tert-OH is 1. The predicted octanol–water partition coefficient (Wildman–Crippen LogP) is 4.84. The molecule has 1 aromatic heterocycles. The summed E-state index contributed by atoms with van der Waals surface area (Å²) in [5, 5.41) is 22.8. The van der Waals surface area contributed by atoms with Crippen LogP contribution in [0.5, 0.6) is 0 Å². The first-order valence-corrected chi connectivity index (χ1v) is 11.6. The molecular weight excluding hydrogens is 426 g/mol. The quantitative estimate of drug-likeness (QED) is 0.365. The van der Waals surface area contributed by atoms with Crippen LogP contribution >= 0.6 is 0 Å². The minimum absolute atomic E-state index is 0.0349. The van der Waals surface area contributed by atoms with Crippen LogP contribution in [0.1, 0.15) is 44.2 Å². The molecule has 0 bridgehead atoms. The Morgan fingerprint density at radius 3 is 2.24 bits per heavy atom. The number of pyridine rings is 1. The number of nitrogens with zero attached hydrogens (tertiary/aromatic N) is 1. The van der Waals surface area contributed by atoms with E-state index < -0.39 is 18.2 Å². The summed E-state index contributed by atoms with van der Waals surface area (Å²) in [7, 11) is 0. The summed E-state index contributed by atoms with van der Waals surface area (Å²) in [6.45, 7) is 6.40. The summed E-state index contributed by atoms with van der Waals surface area (Å²) in [6, 6.07) is 20.8. The number of nitrogens with one attached hydrogen (secondary N) is 1. The van der Waals surface area contributed by atoms with Crippen LogP contribution in [0.15, 0.2) is 79.1 Å². The molecule has 4 atom stereocenters. The van der Waals surface area contributed by atoms with E-state index in [0.717, 1.165) is 22.3 Å². The van der Waals surface area contributed by atoms with E-state index in [4.69, 9.17) is 5.73 Å². The van der Waals surface area contributed by atoms with E-state index in [2.05, 4.69) is 55.3 Å². The highest BCUT2D eigenvalue weighted by molar-refractivity contribution is 5.65. The van der Waals surface area contributed by atoms with Crippen molar-refractivity contribution in [3.05, 3.63) is 90.3 Å². The lowest BCUT2D eigenvalue weighted by molar-refractivity contribution is 0.0956. The van der Waals surface area contributed by atoms with Crippen molar-refractivity contribution in [1.29, 1.82) is 0 Å². The van der Waals surface area contributed by atoms with Crippen LogP contribution in [0.25, 0.3) is 11.1 Å². The zero-order chi connectivity index (χ0) is 24.7. The maximum absolute atomic E-state index is 11.4. The van der Waals surface area contributed by atoms with E-state index in [1.54, 1.807) is 6.20 Å². The van der Waals surface area contributed by atoms with E-state index in [1.165, 1.54) is 0 Å². The van der Waals surface area contributed by atoms with Crippen LogP contribution in [-0.2, 0) is 6.42 Å². The molecule has 1 heterocycles. The Bertz CT molecular complexity index is 1030. The van der Waals surface area contributed by atoms with Gasteiger partial charge in [0.05, 0.1) is 12.1 Å². The van der Waals surface area contributed by atoms with Crippen LogP contribution in [0.4, 0.5) is 4.79 Å². The maximum Gasteiger partial charge on any atom is 0.404 e. The van der Waals surface area contributed by atoms with Gasteiger partial charge in [0.25, 0.3) is 0 Å². The number of benzene rings is 2. The number of aliphatic hydroxyl groups is 1. The molecule has 0 fully saturated rings. The first-order chi connectivity index (χ1) is 16.1. The summed E-state index contributed by atoms with van der Waals surface area (Å²) in [5.41, 5.74) is 10.7. The number of aromatic nitrogens is 1. The predicted molar refractivity (Wildman–Crippen MR) is 136 cm³/mol. The maximum atomic E-state index is 11.4. The van der Waals surface area contributed by atoms with Crippen LogP contribution < -0.4 is 11.1 Å². The first-order valence-electron chi connectivity index (χ1n) is 11.6. The lowest BCUT2D eigenvalue weighted by Crippen LogP contribution is -2.48. The molecule has 2 aromatic carbocycles. The molecule has 3 rings (SSSR count). The van der Waals surface area contributed by atoms with Crippen LogP contribution in [0.2, 0.25) is 0 Å². The molecular formula is C28H35N3O3. The SMILES string of the molecule is CC(C)(C)C(c1ccc(-c2cccnc2)cc1)[C@@H](N)C[C@@H](O)[C@H](Cc1ccccc1)NC(=O)O. The number of nitrogens with two attached hydrogens (primary N) is 1. The van der Waals surface area contributed by atoms with E-state index >= 15 is 0 Å². The minimum Gasteiger partial charge on any atom is -0.465 e. The third-order valence-electron chi connectivity index (χ3n) is 6.21. The molecule has 0 radical (unpaired) electrons. The second-order valence-electron chi connectivity index (χ2n) is 9.92. The number of amides is 1. The average Bonchev–Trinajstić information content (AvgIpc) is 2.79. The smallest absolute Gasteiger partial charge is 0.404 e. The summed E-state index contributed by atoms with van der Waals surface area (Å²) in [5.74, 6) is -0.0349. The van der Waals surface area contributed by atoms with Crippen molar-refractivity contribution in [2.75, 3.05) is 0 Å². The van der Waals surface area contributed by atoms with E-state index in [1.807, 2.05) is 48.7 Å². The van der Waals surface area contributed by atoms with Crippen molar-refractivity contribution in [2.45, 2.75) is 57.7 Å². The van der Waals surface area contributed by atoms with Gasteiger partial charge in [-0.2, -0.15) is 0 Å². The molecule has 1 unspecified atom stereocenters. The van der Waals surface area contributed by atoms with Crippen LogP contribution in [0, 0.1) is 5.41 Å². The number of carbonyl (C=O) groups is 1. The minimum atomic E-state index is -1.16. The Kier molecular flexibility index (Phi) is 8.42. The molecule has 0 spiro atoms. The van der Waals surface area contributed by atoms with Crippen molar-refractivity contribution >= 4 is 6.09 Å². The van der Waals surface area contributed by atoms with Crippen molar-refractivity contribution in [3.8, 4) is 11.1 Å². The topological polar surface area (TPSA) is 108 Å². The molecule has 180 valence electrons. The third kappa shape index (κ3) is 6.89. The van der Waals surface area contributed by atoms with Crippen LogP contribution in [-0.4, -0.2) is 39.5 Å². The fraction of sp³-hybridized carbons (Fsp3) is 0.357. The second-order valence-corrected chi connectivity index (χ2v) is 9.92. The van der Waals surface area contributed by atoms with Gasteiger partial charge in [0.1, 0.15) is 0 Å². The molecule has 5 N–H and O–H groups in total. The standard InChI is InChI=1S/C28H35N3O3/c1-28(2,3)26(21-13-11-20(12-14-21)22-10-7-15-30-18-22)23(29)17-25(32)24(31-27(33)34)16-19-8-5-4-6-9-19/h4-15,18,23-26,31-32H,16-17,29H2,1-3H3,(H,33,34)/t23-,24-,25+,26?/m0/s1. The molecule has 0 aliphatic heterocycles. The molecule has 6 heteroatoms. The van der Waals surface area contributed by atoms with Gasteiger partial charge in [0, 0.05) is 24.4 Å². The number of carboxylic acid groups (broad SMARTS) is 1. The molecule has 34 heavy (non-hydrogen) atoms. The van der Waals surface area contributed by atoms with Gasteiger partial charge in [-0.3, -0.25) is 4.98 Å². The normalized spacial score (nSPS) is 15.2. The fourth-order valence-electron chi connectivity index (χ4n) is 4.69. The molecule has 0 aliphatic rings. The summed E-state index contributed by atoms with van der Waals surface area (Å²) in [4.78, 5) is 15.6. The Morgan fingerprint density at radius 1 is 1.00 bits per heavy atom. The first kappa shape index (κ1) is 25.4. The molecule has 0 saturated carbocycles. The Morgan fingerprint density at radius 2 is 1.68 bits per heavy atom. The zero-order valence-electron chi connectivity index (χ0n) is 20.1. The molecule has 0 saturated heterocycles. The highest BCUT2D eigenvalue weighted by Crippen LogP contribution is 2.39. The van der Waals surface area contributed by atoms with Gasteiger partial charge in [-0.25, -0.2) is 4.79 Å². The highest BCUT2D eigenvalue weighted by Gasteiger charge is 2.34. The largest absolute Gasteiger partial charge is 0.465 e. The summed E-state index contributed by atoms with van der Waals surface area (Å²) < 4.78 is 0. The van der Waals surface area contributed by atoms with Gasteiger partial charge in [0.2, 0.25) is 0 Å². The molecule has 1 amide bonds. The number of hydrogen-bond donors (Lipinski definition) is 4. The Labute approximate surface area is 201 Å². The van der Waals surface area contributed by atoms with Gasteiger partial charge in [0.15, 0.2) is 0 Å². The lowest BCUT2D eigenvalue weighted by atomic mass is 9.71. The lowest BCUT2D eigenvalue weighted by Gasteiger charge is -2.37. The summed E-state index contributed by atoms with van der Waals surface area (Å²) >= 11 is 0. The van der Waals surface area contributed by atoms with E-state index in [0.29, 0.717) is 6.42 Å². The van der Waals surface area contributed by atoms with Crippen molar-refractivity contribution in [1.82, 2.24) is 10.3 Å². The zero-order valence-corrected chi connectivity index (χ0v) is 20.1. The summed E-state index contributed by atoms with van der Waals surface area (Å²) in [6.07, 6.45) is 2.16. The van der Waals surface area contributed by atoms with E-state index in [-0.39, 0.29) is 23.8 Å². The fourth-order valence-corrected chi connectivity index (χ4v) is 4.69. The second kappa shape index (κ2) is 11.3. The highest BCUT2D eigenvalue weighted by atomic mass is 16.4. The Balaban J connectivity index is 1.78. The average molecular weight is 462 g/mol. The van der Waals surface area contributed by atoms with Gasteiger partial charge < -0.3 is 21.3 Å². The van der Waals surface area contributed by atoms with Gasteiger partial charge in [-0.05, 0) is 46.6 Å². The monoisotopic (exact) mass is 461 g/mol. The van der Waals surface area contributed by atoms with Gasteiger partial charge >= 0.3 is 6.09 Å². The van der Waals surface area contributed by atoms with Crippen molar-refractivity contribution in [3.63, 3.8) is 0 Å². The number of hydrogen-bond acceptors (Lipinski definition) is 4. The molecule has 3 aromatic rings. The molecule has 0 aliphatic carbocycles. The van der Waals surface area contributed by atoms with E-state index in [9.17, 15) is 15.0 Å². The molecule has 6 nitrogen and oxygen atoms in total. The van der Waals surface area contributed by atoms with Crippen molar-refractivity contribution < 1.29 is 15.0 Å². The van der Waals surface area contributed by atoms with Crippen molar-refractivity contribution in [2.24, 2.45) is 11.1 Å².